The molecule has 1 heterocycles. The standard InChI is InChI=1S/C14H24N2O2S/c1-2-12-11(7-8-18-12)14(17)16(9-13(15)19)10-5-3-4-6-10/h10-12H,2-9H2,1H3,(H2,15,19). The van der Waals surface area contributed by atoms with Crippen molar-refractivity contribution in [3.63, 3.8) is 0 Å². The zero-order chi connectivity index (χ0) is 13.8. The molecule has 1 aliphatic heterocycles. The van der Waals surface area contributed by atoms with Gasteiger partial charge < -0.3 is 15.4 Å². The van der Waals surface area contributed by atoms with Gasteiger partial charge in [-0.3, -0.25) is 4.79 Å². The largest absolute Gasteiger partial charge is 0.392 e. The van der Waals surface area contributed by atoms with Crippen LogP contribution in [0.1, 0.15) is 45.4 Å². The van der Waals surface area contributed by atoms with Crippen molar-refractivity contribution >= 4 is 23.1 Å². The van der Waals surface area contributed by atoms with Crippen LogP contribution in [-0.4, -0.2) is 41.1 Å². The third kappa shape index (κ3) is 3.45. The molecule has 4 nitrogen and oxygen atoms in total. The first-order valence-corrected chi connectivity index (χ1v) is 7.74. The smallest absolute Gasteiger partial charge is 0.229 e. The van der Waals surface area contributed by atoms with Crippen LogP contribution in [0.4, 0.5) is 0 Å². The Bertz CT molecular complexity index is 342. The second kappa shape index (κ2) is 6.66. The minimum atomic E-state index is -0.0000463. The molecule has 2 unspecified atom stereocenters. The van der Waals surface area contributed by atoms with Crippen LogP contribution in [0, 0.1) is 5.92 Å². The Morgan fingerprint density at radius 3 is 2.63 bits per heavy atom. The molecule has 2 rings (SSSR count). The number of rotatable bonds is 5. The predicted molar refractivity (Wildman–Crippen MR) is 78.9 cm³/mol. The van der Waals surface area contributed by atoms with E-state index < -0.39 is 0 Å². The lowest BCUT2D eigenvalue weighted by molar-refractivity contribution is -0.138. The van der Waals surface area contributed by atoms with Crippen molar-refractivity contribution in [3.05, 3.63) is 0 Å². The fourth-order valence-electron chi connectivity index (χ4n) is 3.32. The summed E-state index contributed by atoms with van der Waals surface area (Å²) in [6.45, 7) is 3.19. The van der Waals surface area contributed by atoms with Gasteiger partial charge in [0.15, 0.2) is 0 Å². The summed E-state index contributed by atoms with van der Waals surface area (Å²) in [5.74, 6) is 0.198. The molecule has 0 radical (unpaired) electrons. The highest BCUT2D eigenvalue weighted by Gasteiger charge is 2.38. The van der Waals surface area contributed by atoms with Gasteiger partial charge in [0.25, 0.3) is 0 Å². The second-order valence-electron chi connectivity index (χ2n) is 5.58. The number of ether oxygens (including phenoxy) is 1. The molecule has 108 valence electrons. The molecule has 0 aromatic heterocycles. The van der Waals surface area contributed by atoms with Crippen LogP contribution in [-0.2, 0) is 9.53 Å². The summed E-state index contributed by atoms with van der Waals surface area (Å²) in [4.78, 5) is 15.1. The number of carbonyl (C=O) groups excluding carboxylic acids is 1. The molecule has 2 atom stereocenters. The Morgan fingerprint density at radius 1 is 1.37 bits per heavy atom. The first-order valence-electron chi connectivity index (χ1n) is 7.33. The molecule has 5 heteroatoms. The molecule has 1 saturated heterocycles. The zero-order valence-electron chi connectivity index (χ0n) is 11.6. The lowest BCUT2D eigenvalue weighted by atomic mass is 9.97. The van der Waals surface area contributed by atoms with Gasteiger partial charge >= 0.3 is 0 Å². The van der Waals surface area contributed by atoms with Crippen molar-refractivity contribution in [1.82, 2.24) is 4.90 Å². The third-order valence-electron chi connectivity index (χ3n) is 4.30. The molecular weight excluding hydrogens is 260 g/mol. The van der Waals surface area contributed by atoms with E-state index in [0.29, 0.717) is 24.2 Å². The van der Waals surface area contributed by atoms with Gasteiger partial charge in [0.2, 0.25) is 5.91 Å². The zero-order valence-corrected chi connectivity index (χ0v) is 12.5. The maximum atomic E-state index is 12.8. The van der Waals surface area contributed by atoms with E-state index >= 15 is 0 Å². The van der Waals surface area contributed by atoms with Crippen LogP contribution in [0.5, 0.6) is 0 Å². The molecule has 0 bridgehead atoms. The fraction of sp³-hybridized carbons (Fsp3) is 0.857. The summed E-state index contributed by atoms with van der Waals surface area (Å²) in [7, 11) is 0. The van der Waals surface area contributed by atoms with Crippen LogP contribution in [0.3, 0.4) is 0 Å². The van der Waals surface area contributed by atoms with Crippen LogP contribution < -0.4 is 5.73 Å². The van der Waals surface area contributed by atoms with Crippen molar-refractivity contribution in [2.45, 2.75) is 57.6 Å². The lowest BCUT2D eigenvalue weighted by Gasteiger charge is -2.32. The quantitative estimate of drug-likeness (QED) is 0.783. The van der Waals surface area contributed by atoms with Crippen molar-refractivity contribution in [2.24, 2.45) is 11.7 Å². The number of amides is 1. The van der Waals surface area contributed by atoms with Crippen molar-refractivity contribution in [1.29, 1.82) is 0 Å². The highest BCUT2D eigenvalue weighted by Crippen LogP contribution is 2.30. The van der Waals surface area contributed by atoms with Gasteiger partial charge in [0.1, 0.15) is 0 Å². The summed E-state index contributed by atoms with van der Waals surface area (Å²) >= 11 is 5.01. The molecule has 1 aliphatic carbocycles. The first kappa shape index (κ1) is 14.7. The Labute approximate surface area is 120 Å². The summed E-state index contributed by atoms with van der Waals surface area (Å²) in [6, 6.07) is 0.326. The van der Waals surface area contributed by atoms with Crippen LogP contribution >= 0.6 is 12.2 Å². The van der Waals surface area contributed by atoms with E-state index in [1.807, 2.05) is 4.90 Å². The van der Waals surface area contributed by atoms with Crippen molar-refractivity contribution in [2.75, 3.05) is 13.2 Å². The normalized spacial score (nSPS) is 27.6. The Hall–Kier alpha value is -0.680. The van der Waals surface area contributed by atoms with Gasteiger partial charge in [0, 0.05) is 12.6 Å². The average Bonchev–Trinajstić information content (AvgIpc) is 3.05. The van der Waals surface area contributed by atoms with E-state index in [0.717, 1.165) is 25.7 Å². The number of hydrogen-bond donors (Lipinski definition) is 1. The number of nitrogens with zero attached hydrogens (tertiary/aromatic N) is 1. The minimum absolute atomic E-state index is 0.0000463. The number of thiocarbonyl (C=S) groups is 1. The van der Waals surface area contributed by atoms with Crippen molar-refractivity contribution in [3.8, 4) is 0 Å². The molecular formula is C14H24N2O2S. The van der Waals surface area contributed by atoms with Gasteiger partial charge in [-0.2, -0.15) is 0 Å². The van der Waals surface area contributed by atoms with E-state index in [1.165, 1.54) is 12.8 Å². The third-order valence-corrected chi connectivity index (χ3v) is 4.43. The minimum Gasteiger partial charge on any atom is -0.392 e. The fourth-order valence-corrected chi connectivity index (χ4v) is 3.46. The second-order valence-corrected chi connectivity index (χ2v) is 6.11. The van der Waals surface area contributed by atoms with E-state index in [-0.39, 0.29) is 17.9 Å². The SMILES string of the molecule is CCC1OCCC1C(=O)N(CC(N)=S)C1CCCC1. The number of nitrogens with two attached hydrogens (primary N) is 1. The summed E-state index contributed by atoms with van der Waals surface area (Å²) in [5, 5.41) is 0. The maximum Gasteiger partial charge on any atom is 0.229 e. The van der Waals surface area contributed by atoms with Gasteiger partial charge in [-0.15, -0.1) is 0 Å². The lowest BCUT2D eigenvalue weighted by Crippen LogP contribution is -2.47. The first-order chi connectivity index (χ1) is 9.13. The van der Waals surface area contributed by atoms with Gasteiger partial charge in [0.05, 0.1) is 23.6 Å². The van der Waals surface area contributed by atoms with Gasteiger partial charge in [-0.05, 0) is 25.7 Å². The van der Waals surface area contributed by atoms with Gasteiger partial charge in [-0.25, -0.2) is 0 Å². The summed E-state index contributed by atoms with van der Waals surface area (Å²) in [5.41, 5.74) is 5.67. The van der Waals surface area contributed by atoms with Crippen molar-refractivity contribution < 1.29 is 9.53 Å². The number of hydrogen-bond acceptors (Lipinski definition) is 3. The highest BCUT2D eigenvalue weighted by molar-refractivity contribution is 7.80. The molecule has 1 amide bonds. The molecule has 0 spiro atoms. The molecule has 0 aromatic rings. The molecule has 1 saturated carbocycles. The monoisotopic (exact) mass is 284 g/mol. The van der Waals surface area contributed by atoms with Crippen LogP contribution in [0.25, 0.3) is 0 Å². The molecule has 2 N–H and O–H groups in total. The summed E-state index contributed by atoms with van der Waals surface area (Å²) < 4.78 is 5.64. The van der Waals surface area contributed by atoms with E-state index in [4.69, 9.17) is 22.7 Å². The Kier molecular flexibility index (Phi) is 5.16. The average molecular weight is 284 g/mol. The molecule has 2 fully saturated rings. The Morgan fingerprint density at radius 2 is 2.05 bits per heavy atom. The number of carbonyl (C=O) groups is 1. The van der Waals surface area contributed by atoms with Crippen LogP contribution in [0.2, 0.25) is 0 Å². The molecule has 19 heavy (non-hydrogen) atoms. The predicted octanol–water partition coefficient (Wildman–Crippen LogP) is 1.86. The van der Waals surface area contributed by atoms with Gasteiger partial charge in [-0.1, -0.05) is 32.0 Å². The highest BCUT2D eigenvalue weighted by atomic mass is 32.1. The van der Waals surface area contributed by atoms with E-state index in [9.17, 15) is 4.79 Å². The Balaban J connectivity index is 2.07. The molecule has 0 aromatic carbocycles. The molecule has 2 aliphatic rings. The maximum absolute atomic E-state index is 12.8. The topological polar surface area (TPSA) is 55.6 Å². The van der Waals surface area contributed by atoms with E-state index in [2.05, 4.69) is 6.92 Å². The summed E-state index contributed by atoms with van der Waals surface area (Å²) in [6.07, 6.45) is 6.36. The van der Waals surface area contributed by atoms with E-state index in [1.54, 1.807) is 0 Å². The van der Waals surface area contributed by atoms with Crippen LogP contribution in [0.15, 0.2) is 0 Å².